The molecule has 0 aliphatic heterocycles. The summed E-state index contributed by atoms with van der Waals surface area (Å²) in [7, 11) is 0. The molecule has 5 saturated carbocycles. The van der Waals surface area contributed by atoms with Crippen LogP contribution in [-0.2, 0) is 38.1 Å². The van der Waals surface area contributed by atoms with E-state index in [9.17, 15) is 19.2 Å². The van der Waals surface area contributed by atoms with Crippen molar-refractivity contribution < 1.29 is 38.1 Å². The summed E-state index contributed by atoms with van der Waals surface area (Å²) in [5, 5.41) is 0. The fourth-order valence-electron chi connectivity index (χ4n) is 12.5. The Kier molecular flexibility index (Phi) is 9.07. The molecule has 0 aromatic heterocycles. The Labute approximate surface area is 276 Å². The molecule has 5 rings (SSSR count). The molecule has 0 amide bonds. The maximum atomic E-state index is 12.6. The van der Waals surface area contributed by atoms with Gasteiger partial charge in [-0.25, -0.2) is 0 Å². The summed E-state index contributed by atoms with van der Waals surface area (Å²) < 4.78 is 23.9. The molecule has 0 unspecified atom stereocenters. The quantitative estimate of drug-likeness (QED) is 0.146. The van der Waals surface area contributed by atoms with E-state index in [1.165, 1.54) is 33.3 Å². The van der Waals surface area contributed by atoms with Crippen LogP contribution in [0.3, 0.4) is 0 Å². The lowest BCUT2D eigenvalue weighted by atomic mass is 9.41. The van der Waals surface area contributed by atoms with E-state index in [2.05, 4.69) is 47.6 Å². The van der Waals surface area contributed by atoms with Crippen molar-refractivity contribution in [3.63, 3.8) is 0 Å². The van der Waals surface area contributed by atoms with Crippen LogP contribution >= 0.6 is 0 Å². The molecule has 5 fully saturated rings. The maximum absolute atomic E-state index is 12.6. The molecule has 0 saturated heterocycles. The molecular formula is C38H58O8. The summed E-state index contributed by atoms with van der Waals surface area (Å²) in [4.78, 5) is 49.1. The standard InChI is InChI=1S/C38H58O8/c1-22(2)11-12-28(44-25(5)40)23(3)33-29(45-26(6)41)19-36(10)31-14-13-30-34(8,21-43-24(4)39)32(46-27(7)42)15-16-37(30)20-38(31,37)18-17-35(33,36)9/h11,23,28-33H,12-21H2,1-10H3/t23-,28+,29+,30+,31+,32+,33+,34+,35-,36+,37-,38+/m1/s1. The Hall–Kier alpha value is -2.38. The fourth-order valence-corrected chi connectivity index (χ4v) is 12.5. The van der Waals surface area contributed by atoms with Crippen LogP contribution < -0.4 is 0 Å². The van der Waals surface area contributed by atoms with Crippen molar-refractivity contribution in [3.05, 3.63) is 11.6 Å². The molecule has 0 radical (unpaired) electrons. The molecule has 0 aromatic carbocycles. The second-order valence-corrected chi connectivity index (χ2v) is 16.8. The van der Waals surface area contributed by atoms with Crippen molar-refractivity contribution in [2.45, 2.75) is 145 Å². The Bertz CT molecular complexity index is 1290. The van der Waals surface area contributed by atoms with E-state index in [1.807, 2.05) is 0 Å². The van der Waals surface area contributed by atoms with Crippen LogP contribution in [-0.4, -0.2) is 48.8 Å². The number of hydrogen-bond donors (Lipinski definition) is 0. The Balaban J connectivity index is 1.51. The van der Waals surface area contributed by atoms with Gasteiger partial charge in [0.25, 0.3) is 0 Å². The number of hydrogen-bond acceptors (Lipinski definition) is 8. The van der Waals surface area contributed by atoms with Gasteiger partial charge in [-0.15, -0.1) is 0 Å². The summed E-state index contributed by atoms with van der Waals surface area (Å²) in [5.41, 5.74) is 0.840. The van der Waals surface area contributed by atoms with E-state index in [0.29, 0.717) is 18.3 Å². The highest BCUT2D eigenvalue weighted by molar-refractivity contribution is 5.67. The number of ether oxygens (including phenoxy) is 4. The van der Waals surface area contributed by atoms with Crippen LogP contribution in [0.4, 0.5) is 0 Å². The molecular weight excluding hydrogens is 584 g/mol. The van der Waals surface area contributed by atoms with Crippen molar-refractivity contribution in [1.29, 1.82) is 0 Å². The van der Waals surface area contributed by atoms with Gasteiger partial charge in [-0.1, -0.05) is 39.3 Å². The van der Waals surface area contributed by atoms with Gasteiger partial charge in [0.1, 0.15) is 24.9 Å². The monoisotopic (exact) mass is 642 g/mol. The average molecular weight is 643 g/mol. The molecule has 8 nitrogen and oxygen atoms in total. The van der Waals surface area contributed by atoms with Crippen molar-refractivity contribution in [1.82, 2.24) is 0 Å². The number of esters is 4. The summed E-state index contributed by atoms with van der Waals surface area (Å²) in [6.07, 6.45) is 9.86. The van der Waals surface area contributed by atoms with Crippen LogP contribution in [0.15, 0.2) is 11.6 Å². The number of carbonyl (C=O) groups is 4. The number of allylic oxidation sites excluding steroid dienone is 1. The summed E-state index contributed by atoms with van der Waals surface area (Å²) >= 11 is 0. The van der Waals surface area contributed by atoms with Crippen molar-refractivity contribution in [3.8, 4) is 0 Å². The van der Waals surface area contributed by atoms with Gasteiger partial charge in [0, 0.05) is 51.4 Å². The normalized spacial score (nSPS) is 43.3. The van der Waals surface area contributed by atoms with Crippen molar-refractivity contribution in [2.75, 3.05) is 6.61 Å². The maximum Gasteiger partial charge on any atom is 0.302 e. The molecule has 8 heteroatoms. The van der Waals surface area contributed by atoms with Crippen molar-refractivity contribution >= 4 is 23.9 Å². The molecule has 46 heavy (non-hydrogen) atoms. The minimum Gasteiger partial charge on any atom is -0.465 e. The number of carbonyl (C=O) groups excluding carboxylic acids is 4. The fraction of sp³-hybridized carbons (Fsp3) is 0.842. The molecule has 5 aliphatic rings. The molecule has 0 heterocycles. The highest BCUT2D eigenvalue weighted by Crippen LogP contribution is 2.89. The third-order valence-corrected chi connectivity index (χ3v) is 14.3. The molecule has 258 valence electrons. The van der Waals surface area contributed by atoms with Crippen LogP contribution in [0.25, 0.3) is 0 Å². The predicted molar refractivity (Wildman–Crippen MR) is 173 cm³/mol. The van der Waals surface area contributed by atoms with E-state index in [4.69, 9.17) is 18.9 Å². The van der Waals surface area contributed by atoms with E-state index in [1.54, 1.807) is 0 Å². The topological polar surface area (TPSA) is 105 Å². The van der Waals surface area contributed by atoms with E-state index < -0.39 is 5.41 Å². The smallest absolute Gasteiger partial charge is 0.302 e. The third kappa shape index (κ3) is 5.32. The Morgan fingerprint density at radius 3 is 1.98 bits per heavy atom. The van der Waals surface area contributed by atoms with Gasteiger partial charge < -0.3 is 18.9 Å². The Morgan fingerprint density at radius 2 is 1.39 bits per heavy atom. The Morgan fingerprint density at radius 1 is 0.761 bits per heavy atom. The largest absolute Gasteiger partial charge is 0.465 e. The molecule has 0 N–H and O–H groups in total. The lowest BCUT2D eigenvalue weighted by molar-refractivity contribution is -0.197. The second-order valence-electron chi connectivity index (χ2n) is 16.8. The van der Waals surface area contributed by atoms with Gasteiger partial charge in [0.05, 0.1) is 0 Å². The summed E-state index contributed by atoms with van der Waals surface area (Å²) in [6.45, 7) is 19.6. The van der Waals surface area contributed by atoms with Gasteiger partial charge in [-0.2, -0.15) is 0 Å². The summed E-state index contributed by atoms with van der Waals surface area (Å²) in [5.74, 6) is -0.326. The molecule has 0 bridgehead atoms. The molecule has 2 spiro atoms. The van der Waals surface area contributed by atoms with Crippen LogP contribution in [0.1, 0.15) is 127 Å². The SMILES string of the molecule is CC(=O)OC[C@]1(C)[C@@H](OC(C)=O)CC[C@]23C[C@]24CC[C@]2(C)[C@@H]([C@H](C)[C@H](CC=C(C)C)OC(C)=O)[C@@H](OC(C)=O)C[C@@]2(C)[C@@H]4CC[C@@H]13. The van der Waals surface area contributed by atoms with Gasteiger partial charge >= 0.3 is 23.9 Å². The minimum atomic E-state index is -0.444. The van der Waals surface area contributed by atoms with Crippen LogP contribution in [0, 0.1) is 50.7 Å². The predicted octanol–water partition coefficient (Wildman–Crippen LogP) is 7.37. The van der Waals surface area contributed by atoms with Gasteiger partial charge in [0.15, 0.2) is 0 Å². The highest BCUT2D eigenvalue weighted by atomic mass is 16.6. The lowest BCUT2D eigenvalue weighted by Crippen LogP contribution is -2.59. The molecule has 0 aromatic rings. The molecule has 12 atom stereocenters. The first kappa shape index (κ1) is 34.9. The summed E-state index contributed by atoms with van der Waals surface area (Å²) in [6, 6.07) is 0. The van der Waals surface area contributed by atoms with E-state index in [-0.39, 0.29) is 82.3 Å². The average Bonchev–Trinajstić information content (AvgIpc) is 3.55. The van der Waals surface area contributed by atoms with Gasteiger partial charge in [-0.05, 0) is 98.7 Å². The number of fused-ring (bicyclic) bond motifs is 2. The molecule has 5 aliphatic carbocycles. The van der Waals surface area contributed by atoms with Crippen LogP contribution in [0.5, 0.6) is 0 Å². The zero-order valence-corrected chi connectivity index (χ0v) is 30.0. The van der Waals surface area contributed by atoms with Crippen molar-refractivity contribution in [2.24, 2.45) is 50.7 Å². The zero-order chi connectivity index (χ0) is 34.0. The van der Waals surface area contributed by atoms with Gasteiger partial charge in [-0.3, -0.25) is 19.2 Å². The van der Waals surface area contributed by atoms with E-state index >= 15 is 0 Å². The van der Waals surface area contributed by atoms with Gasteiger partial charge in [0.2, 0.25) is 0 Å². The third-order valence-electron chi connectivity index (χ3n) is 14.3. The second kappa shape index (κ2) is 11.9. The zero-order valence-electron chi connectivity index (χ0n) is 30.0. The minimum absolute atomic E-state index is 0.000386. The first-order valence-corrected chi connectivity index (χ1v) is 17.7. The highest BCUT2D eigenvalue weighted by Gasteiger charge is 2.83. The van der Waals surface area contributed by atoms with Crippen LogP contribution in [0.2, 0.25) is 0 Å². The lowest BCUT2D eigenvalue weighted by Gasteiger charge is -2.63. The number of rotatable bonds is 9. The van der Waals surface area contributed by atoms with E-state index in [0.717, 1.165) is 51.4 Å². The first-order chi connectivity index (χ1) is 21.4. The first-order valence-electron chi connectivity index (χ1n) is 17.7.